The summed E-state index contributed by atoms with van der Waals surface area (Å²) in [6.45, 7) is 4.69. The molecule has 258 valence electrons. The minimum absolute atomic E-state index is 0.133. The van der Waals surface area contributed by atoms with Gasteiger partial charge in [0.05, 0.1) is 5.41 Å². The highest BCUT2D eigenvalue weighted by molar-refractivity contribution is 5.91. The van der Waals surface area contributed by atoms with Gasteiger partial charge in [0, 0.05) is 22.5 Å². The van der Waals surface area contributed by atoms with Crippen LogP contribution in [0, 0.1) is 0 Å². The van der Waals surface area contributed by atoms with Crippen LogP contribution in [0.2, 0.25) is 0 Å². The van der Waals surface area contributed by atoms with E-state index in [0.29, 0.717) is 0 Å². The van der Waals surface area contributed by atoms with Gasteiger partial charge in [-0.05, 0) is 115 Å². The number of rotatable bonds is 6. The molecule has 8 aromatic rings. The maximum absolute atomic E-state index is 9.93. The number of nitrogens with zero attached hydrogens (tertiary/aromatic N) is 1. The lowest BCUT2D eigenvalue weighted by atomic mass is 9.67. The first kappa shape index (κ1) is 32.0. The highest BCUT2D eigenvalue weighted by Crippen LogP contribution is 2.57. The molecule has 0 amide bonds. The molecule has 0 atom stereocenters. The second kappa shape index (κ2) is 12.2. The first-order valence-corrected chi connectivity index (χ1v) is 18.7. The van der Waals surface area contributed by atoms with Crippen molar-refractivity contribution in [3.63, 3.8) is 0 Å². The Bertz CT molecular complexity index is 2640. The number of hydrogen-bond acceptors (Lipinski definition) is 2. The summed E-state index contributed by atoms with van der Waals surface area (Å²) in [5.41, 5.74) is 17.8. The molecule has 0 unspecified atom stereocenters. The second-order valence-electron chi connectivity index (χ2n) is 15.1. The van der Waals surface area contributed by atoms with Crippen molar-refractivity contribution in [2.45, 2.75) is 24.7 Å². The summed E-state index contributed by atoms with van der Waals surface area (Å²) in [4.78, 5) is 2.42. The molecule has 0 fully saturated rings. The Kier molecular flexibility index (Phi) is 7.25. The van der Waals surface area contributed by atoms with Gasteiger partial charge in [-0.15, -0.1) is 0 Å². The minimum atomic E-state index is -0.500. The van der Waals surface area contributed by atoms with Crippen LogP contribution in [0.25, 0.3) is 33.4 Å². The Morgan fingerprint density at radius 3 is 1.39 bits per heavy atom. The molecule has 0 saturated heterocycles. The standard InChI is InChI=1S/C52H39NO/c1-51(2)47-19-11-9-17-43(47)45-31-27-40(33-49(45)51)53(39-25-21-35(22-26-39)36-23-29-42(54)30-24-36)41-28-32-46-44-18-10-12-20-48(44)52(50(46)34-41,37-13-5-3-6-14-37)38-15-7-4-8-16-38/h3-34,54H,1-2H3. The zero-order valence-corrected chi connectivity index (χ0v) is 30.4. The van der Waals surface area contributed by atoms with Crippen molar-refractivity contribution in [1.29, 1.82) is 0 Å². The van der Waals surface area contributed by atoms with Gasteiger partial charge >= 0.3 is 0 Å². The molecule has 0 aromatic heterocycles. The molecule has 1 N–H and O–H groups in total. The molecule has 0 bridgehead atoms. The van der Waals surface area contributed by atoms with Crippen LogP contribution in [-0.2, 0) is 10.8 Å². The second-order valence-corrected chi connectivity index (χ2v) is 15.1. The zero-order valence-electron chi connectivity index (χ0n) is 30.4. The Morgan fingerprint density at radius 2 is 0.796 bits per heavy atom. The molecule has 0 saturated carbocycles. The fraction of sp³-hybridized carbons (Fsp3) is 0.0769. The van der Waals surface area contributed by atoms with E-state index in [1.807, 2.05) is 12.1 Å². The van der Waals surface area contributed by atoms with Gasteiger partial charge in [-0.2, -0.15) is 0 Å². The van der Waals surface area contributed by atoms with E-state index in [2.05, 4.69) is 189 Å². The summed E-state index contributed by atoms with van der Waals surface area (Å²) in [7, 11) is 0. The maximum Gasteiger partial charge on any atom is 0.115 e. The molecular formula is C52H39NO. The van der Waals surface area contributed by atoms with Crippen LogP contribution in [0.1, 0.15) is 47.2 Å². The molecule has 8 aromatic carbocycles. The molecule has 10 rings (SSSR count). The monoisotopic (exact) mass is 693 g/mol. The van der Waals surface area contributed by atoms with Crippen LogP contribution >= 0.6 is 0 Å². The van der Waals surface area contributed by atoms with Crippen molar-refractivity contribution < 1.29 is 5.11 Å². The summed E-state index contributed by atoms with van der Waals surface area (Å²) in [6, 6.07) is 70.1. The predicted octanol–water partition coefficient (Wildman–Crippen LogP) is 13.2. The molecule has 54 heavy (non-hydrogen) atoms. The zero-order chi connectivity index (χ0) is 36.4. The predicted molar refractivity (Wildman–Crippen MR) is 223 cm³/mol. The molecule has 2 aliphatic rings. The lowest BCUT2D eigenvalue weighted by molar-refractivity contribution is 0.475. The molecule has 0 radical (unpaired) electrons. The van der Waals surface area contributed by atoms with Crippen molar-refractivity contribution >= 4 is 17.1 Å². The highest BCUT2D eigenvalue weighted by Gasteiger charge is 2.46. The van der Waals surface area contributed by atoms with E-state index in [9.17, 15) is 5.11 Å². The Labute approximate surface area is 317 Å². The number of phenolic OH excluding ortho intramolecular Hbond substituents is 1. The van der Waals surface area contributed by atoms with Gasteiger partial charge in [-0.3, -0.25) is 0 Å². The van der Waals surface area contributed by atoms with Crippen LogP contribution in [0.4, 0.5) is 17.1 Å². The lowest BCUT2D eigenvalue weighted by Gasteiger charge is -2.35. The van der Waals surface area contributed by atoms with Gasteiger partial charge in [0.25, 0.3) is 0 Å². The van der Waals surface area contributed by atoms with E-state index in [0.717, 1.165) is 28.2 Å². The number of fused-ring (bicyclic) bond motifs is 6. The SMILES string of the molecule is CC1(C)c2ccccc2-c2ccc(N(c3ccc(-c4ccc(O)cc4)cc3)c3ccc4c(c3)C(c3ccccc3)(c3ccccc3)c3ccccc3-4)cc21. The number of phenols is 1. The van der Waals surface area contributed by atoms with E-state index < -0.39 is 5.41 Å². The first-order valence-electron chi connectivity index (χ1n) is 18.7. The third kappa shape index (κ3) is 4.73. The third-order valence-corrected chi connectivity index (χ3v) is 11.9. The van der Waals surface area contributed by atoms with Crippen LogP contribution in [-0.4, -0.2) is 5.11 Å². The Morgan fingerprint density at radius 1 is 0.370 bits per heavy atom. The average Bonchev–Trinajstić information content (AvgIpc) is 3.65. The van der Waals surface area contributed by atoms with Crippen molar-refractivity contribution in [3.05, 3.63) is 228 Å². The number of hydrogen-bond donors (Lipinski definition) is 1. The van der Waals surface area contributed by atoms with Crippen LogP contribution < -0.4 is 4.90 Å². The summed E-state index contributed by atoms with van der Waals surface area (Å²) in [6.07, 6.45) is 0. The van der Waals surface area contributed by atoms with E-state index in [1.54, 1.807) is 12.1 Å². The largest absolute Gasteiger partial charge is 0.508 e. The van der Waals surface area contributed by atoms with Crippen LogP contribution in [0.3, 0.4) is 0 Å². The van der Waals surface area contributed by atoms with Crippen molar-refractivity contribution in [2.75, 3.05) is 4.90 Å². The minimum Gasteiger partial charge on any atom is -0.508 e. The fourth-order valence-electron chi connectivity index (χ4n) is 9.31. The van der Waals surface area contributed by atoms with Gasteiger partial charge in [0.2, 0.25) is 0 Å². The quantitative estimate of drug-likeness (QED) is 0.187. The summed E-state index contributed by atoms with van der Waals surface area (Å²) in [5, 5.41) is 9.93. The number of benzene rings is 8. The molecule has 2 nitrogen and oxygen atoms in total. The summed E-state index contributed by atoms with van der Waals surface area (Å²) < 4.78 is 0. The van der Waals surface area contributed by atoms with E-state index in [4.69, 9.17) is 0 Å². The van der Waals surface area contributed by atoms with Gasteiger partial charge in [-0.1, -0.05) is 159 Å². The van der Waals surface area contributed by atoms with Crippen molar-refractivity contribution in [1.82, 2.24) is 0 Å². The molecular weight excluding hydrogens is 655 g/mol. The normalized spacial score (nSPS) is 14.1. The van der Waals surface area contributed by atoms with Crippen LogP contribution in [0.15, 0.2) is 194 Å². The van der Waals surface area contributed by atoms with E-state index in [-0.39, 0.29) is 11.2 Å². The van der Waals surface area contributed by atoms with Gasteiger partial charge in [0.1, 0.15) is 5.75 Å². The summed E-state index contributed by atoms with van der Waals surface area (Å²) >= 11 is 0. The number of aromatic hydroxyl groups is 1. The Hall–Kier alpha value is -6.64. The van der Waals surface area contributed by atoms with Crippen molar-refractivity contribution in [3.8, 4) is 39.1 Å². The average molecular weight is 694 g/mol. The molecule has 2 aliphatic carbocycles. The van der Waals surface area contributed by atoms with Gasteiger partial charge in [0.15, 0.2) is 0 Å². The third-order valence-electron chi connectivity index (χ3n) is 11.9. The van der Waals surface area contributed by atoms with Gasteiger partial charge < -0.3 is 10.0 Å². The molecule has 2 heteroatoms. The number of anilines is 3. The maximum atomic E-state index is 9.93. The first-order chi connectivity index (χ1) is 26.4. The highest BCUT2D eigenvalue weighted by atomic mass is 16.3. The topological polar surface area (TPSA) is 23.5 Å². The Balaban J connectivity index is 1.21. The lowest BCUT2D eigenvalue weighted by Crippen LogP contribution is -2.28. The molecule has 0 heterocycles. The smallest absolute Gasteiger partial charge is 0.115 e. The molecule has 0 aliphatic heterocycles. The summed E-state index contributed by atoms with van der Waals surface area (Å²) in [5.74, 6) is 0.268. The van der Waals surface area contributed by atoms with E-state index >= 15 is 0 Å². The van der Waals surface area contributed by atoms with Crippen molar-refractivity contribution in [2.24, 2.45) is 0 Å². The molecule has 0 spiro atoms. The van der Waals surface area contributed by atoms with Crippen LogP contribution in [0.5, 0.6) is 5.75 Å². The fourth-order valence-corrected chi connectivity index (χ4v) is 9.31. The van der Waals surface area contributed by atoms with Gasteiger partial charge in [-0.25, -0.2) is 0 Å². The van der Waals surface area contributed by atoms with E-state index in [1.165, 1.54) is 55.6 Å².